The summed E-state index contributed by atoms with van der Waals surface area (Å²) in [6.07, 6.45) is 0. The van der Waals surface area contributed by atoms with Gasteiger partial charge in [-0.15, -0.1) is 0 Å². The van der Waals surface area contributed by atoms with Crippen LogP contribution in [0.4, 0.5) is 34.1 Å². The van der Waals surface area contributed by atoms with Crippen LogP contribution in [-0.4, -0.2) is 9.13 Å². The van der Waals surface area contributed by atoms with E-state index in [1.807, 2.05) is 0 Å². The number of nitrogens with zero attached hydrogens (tertiary/aromatic N) is 4. The fraction of sp³-hybridized carbons (Fsp3) is 0.0120. The molecule has 4 nitrogen and oxygen atoms in total. The van der Waals surface area contributed by atoms with Gasteiger partial charge in [0.25, 0.3) is 0 Å². The standard InChI is InChI=1S/C83H56N4/c1-55-44-47-72-75(52-55)83(68-40-22-39-65-63(68)38-23-43-76(65)84(56-24-6-2-7-25-56)60-45-49-80-73(53-60)66-34-18-20-41-77(66)86(80)58-28-10-4-11-29-58)70-37-17-16-36-69(70)82(72)71-48-51-79(64-33-15-14-32-62(64)71)85(57-26-8-3-9-27-57)61-46-50-81-74(54-61)67-35-19-21-42-78(67)87(81)59-30-12-5-13-31-59/h2-54H,1H3. The molecular formula is C83H56N4. The Morgan fingerprint density at radius 3 is 1.14 bits per heavy atom. The first-order valence-electron chi connectivity index (χ1n) is 30.0. The summed E-state index contributed by atoms with van der Waals surface area (Å²) >= 11 is 0. The van der Waals surface area contributed by atoms with Crippen molar-refractivity contribution < 1.29 is 0 Å². The second kappa shape index (κ2) is 20.4. The Morgan fingerprint density at radius 2 is 0.598 bits per heavy atom. The summed E-state index contributed by atoms with van der Waals surface area (Å²) in [5, 5.41) is 14.5. The Bertz CT molecular complexity index is 5530. The number of anilines is 6. The van der Waals surface area contributed by atoms with Crippen LogP contribution in [0.2, 0.25) is 0 Å². The third-order valence-electron chi connectivity index (χ3n) is 17.9. The lowest BCUT2D eigenvalue weighted by Gasteiger charge is -2.28. The second-order valence-corrected chi connectivity index (χ2v) is 22.8. The summed E-state index contributed by atoms with van der Waals surface area (Å²) in [6.45, 7) is 2.23. The van der Waals surface area contributed by atoms with Crippen molar-refractivity contribution in [1.29, 1.82) is 0 Å². The van der Waals surface area contributed by atoms with Gasteiger partial charge in [-0.2, -0.15) is 0 Å². The van der Waals surface area contributed by atoms with Crippen LogP contribution in [0.25, 0.3) is 120 Å². The molecule has 0 amide bonds. The molecule has 0 aliphatic heterocycles. The number of para-hydroxylation sites is 6. The van der Waals surface area contributed by atoms with Crippen LogP contribution in [0.1, 0.15) is 5.56 Å². The molecule has 2 aromatic heterocycles. The maximum absolute atomic E-state index is 2.44. The van der Waals surface area contributed by atoms with Gasteiger partial charge in [0.05, 0.1) is 33.4 Å². The normalized spacial score (nSPS) is 11.7. The summed E-state index contributed by atoms with van der Waals surface area (Å²) in [5.41, 5.74) is 19.7. The van der Waals surface area contributed by atoms with E-state index in [0.29, 0.717) is 0 Å². The van der Waals surface area contributed by atoms with Crippen molar-refractivity contribution in [3.05, 3.63) is 327 Å². The van der Waals surface area contributed by atoms with E-state index in [1.165, 1.54) is 115 Å². The highest BCUT2D eigenvalue weighted by Crippen LogP contribution is 2.51. The maximum Gasteiger partial charge on any atom is 0.0542 e. The van der Waals surface area contributed by atoms with Crippen LogP contribution < -0.4 is 9.80 Å². The molecule has 0 saturated carbocycles. The monoisotopic (exact) mass is 1110 g/mol. The highest BCUT2D eigenvalue weighted by molar-refractivity contribution is 6.26. The lowest BCUT2D eigenvalue weighted by molar-refractivity contribution is 1.18. The summed E-state index contributed by atoms with van der Waals surface area (Å²) in [6, 6.07) is 118. The Balaban J connectivity index is 0.847. The Hall–Kier alpha value is -11.5. The largest absolute Gasteiger partial charge is 0.310 e. The van der Waals surface area contributed by atoms with Gasteiger partial charge in [0, 0.05) is 66.4 Å². The van der Waals surface area contributed by atoms with Crippen molar-refractivity contribution in [3.63, 3.8) is 0 Å². The molecule has 0 spiro atoms. The van der Waals surface area contributed by atoms with Gasteiger partial charge in [-0.1, -0.05) is 218 Å². The van der Waals surface area contributed by atoms with Gasteiger partial charge in [-0.25, -0.2) is 0 Å². The zero-order chi connectivity index (χ0) is 57.5. The number of aromatic nitrogens is 2. The number of fused-ring (bicyclic) bond motifs is 10. The van der Waals surface area contributed by atoms with Gasteiger partial charge < -0.3 is 18.9 Å². The number of hydrogen-bond acceptors (Lipinski definition) is 2. The lowest BCUT2D eigenvalue weighted by Crippen LogP contribution is -2.10. The van der Waals surface area contributed by atoms with E-state index in [4.69, 9.17) is 0 Å². The molecule has 0 saturated heterocycles. The number of hydrogen-bond donors (Lipinski definition) is 0. The molecule has 4 heteroatoms. The van der Waals surface area contributed by atoms with E-state index < -0.39 is 0 Å². The predicted molar refractivity (Wildman–Crippen MR) is 370 cm³/mol. The van der Waals surface area contributed by atoms with Crippen LogP contribution in [0, 0.1) is 6.92 Å². The molecule has 0 aliphatic rings. The van der Waals surface area contributed by atoms with Crippen LogP contribution in [0.15, 0.2) is 322 Å². The van der Waals surface area contributed by atoms with Crippen molar-refractivity contribution in [2.45, 2.75) is 6.92 Å². The highest BCUT2D eigenvalue weighted by Gasteiger charge is 2.25. The Labute approximate surface area is 504 Å². The average molecular weight is 1110 g/mol. The quantitative estimate of drug-likeness (QED) is 0.127. The molecular weight excluding hydrogens is 1050 g/mol. The van der Waals surface area contributed by atoms with Crippen LogP contribution in [0.3, 0.4) is 0 Å². The molecule has 408 valence electrons. The van der Waals surface area contributed by atoms with Crippen molar-refractivity contribution in [2.75, 3.05) is 9.80 Å². The first-order valence-corrected chi connectivity index (χ1v) is 30.0. The van der Waals surface area contributed by atoms with Gasteiger partial charge in [0.1, 0.15) is 0 Å². The molecule has 17 rings (SSSR count). The molecule has 0 aliphatic carbocycles. The SMILES string of the molecule is Cc1ccc2c(-c3ccc(N(c4ccccc4)c4ccc5c(c4)c4ccccc4n5-c4ccccc4)c4ccccc34)c3ccccc3c(-c3cccc4c(N(c5ccccc5)c5ccc6c(c5)c5ccccc5n6-c5ccccc5)cccc34)c2c1. The minimum Gasteiger partial charge on any atom is -0.310 e. The maximum atomic E-state index is 2.44. The van der Waals surface area contributed by atoms with Crippen molar-refractivity contribution >= 4 is 121 Å². The predicted octanol–water partition coefficient (Wildman–Crippen LogP) is 23.1. The van der Waals surface area contributed by atoms with E-state index in [2.05, 4.69) is 347 Å². The molecule has 0 bridgehead atoms. The van der Waals surface area contributed by atoms with Gasteiger partial charge in [-0.05, 0) is 171 Å². The Morgan fingerprint density at radius 1 is 0.218 bits per heavy atom. The first kappa shape index (κ1) is 50.1. The van der Waals surface area contributed by atoms with Crippen LogP contribution in [-0.2, 0) is 0 Å². The number of rotatable bonds is 10. The zero-order valence-corrected chi connectivity index (χ0v) is 47.9. The van der Waals surface area contributed by atoms with Crippen molar-refractivity contribution in [3.8, 4) is 33.6 Å². The van der Waals surface area contributed by atoms with Crippen molar-refractivity contribution in [1.82, 2.24) is 9.13 Å². The molecule has 0 atom stereocenters. The van der Waals surface area contributed by atoms with E-state index in [-0.39, 0.29) is 0 Å². The third-order valence-corrected chi connectivity index (χ3v) is 17.9. The smallest absolute Gasteiger partial charge is 0.0542 e. The fourth-order valence-electron chi connectivity index (χ4n) is 14.2. The van der Waals surface area contributed by atoms with E-state index in [0.717, 1.165) is 45.5 Å². The van der Waals surface area contributed by atoms with Crippen LogP contribution in [0.5, 0.6) is 0 Å². The molecule has 17 aromatic rings. The molecule has 0 unspecified atom stereocenters. The highest BCUT2D eigenvalue weighted by atomic mass is 15.2. The Kier molecular flexibility index (Phi) is 11.8. The number of benzene rings is 15. The minimum atomic E-state index is 1.09. The summed E-state index contributed by atoms with van der Waals surface area (Å²) in [5.74, 6) is 0. The summed E-state index contributed by atoms with van der Waals surface area (Å²) in [4.78, 5) is 4.89. The first-order chi connectivity index (χ1) is 43.1. The molecule has 0 fully saturated rings. The van der Waals surface area contributed by atoms with Gasteiger partial charge in [0.15, 0.2) is 0 Å². The molecule has 87 heavy (non-hydrogen) atoms. The summed E-state index contributed by atoms with van der Waals surface area (Å²) in [7, 11) is 0. The van der Waals surface area contributed by atoms with Crippen LogP contribution >= 0.6 is 0 Å². The molecule has 0 N–H and O–H groups in total. The topological polar surface area (TPSA) is 16.3 Å². The summed E-state index contributed by atoms with van der Waals surface area (Å²) < 4.78 is 4.78. The van der Waals surface area contributed by atoms with Gasteiger partial charge in [0.2, 0.25) is 0 Å². The van der Waals surface area contributed by atoms with E-state index >= 15 is 0 Å². The van der Waals surface area contributed by atoms with E-state index in [9.17, 15) is 0 Å². The molecule has 0 radical (unpaired) electrons. The van der Waals surface area contributed by atoms with Gasteiger partial charge >= 0.3 is 0 Å². The number of aryl methyl sites for hydroxylation is 1. The zero-order valence-electron chi connectivity index (χ0n) is 47.9. The van der Waals surface area contributed by atoms with Crippen molar-refractivity contribution in [2.24, 2.45) is 0 Å². The average Bonchev–Trinajstić information content (AvgIpc) is 1.30. The lowest BCUT2D eigenvalue weighted by atomic mass is 9.83. The van der Waals surface area contributed by atoms with Gasteiger partial charge in [-0.3, -0.25) is 0 Å². The minimum absolute atomic E-state index is 1.09. The fourth-order valence-corrected chi connectivity index (χ4v) is 14.2. The second-order valence-electron chi connectivity index (χ2n) is 22.8. The molecule has 15 aromatic carbocycles. The van der Waals surface area contributed by atoms with E-state index in [1.54, 1.807) is 0 Å². The molecule has 2 heterocycles. The third kappa shape index (κ3) is 8.06.